The van der Waals surface area contributed by atoms with Gasteiger partial charge in [-0.15, -0.1) is 0 Å². The monoisotopic (exact) mass is 253 g/mol. The first-order valence-corrected chi connectivity index (χ1v) is 8.20. The van der Waals surface area contributed by atoms with Gasteiger partial charge in [-0.1, -0.05) is 39.5 Å². The zero-order chi connectivity index (χ0) is 12.8. The lowest BCUT2D eigenvalue weighted by Crippen LogP contribution is -2.46. The maximum absolute atomic E-state index is 6.49. The van der Waals surface area contributed by atoms with Crippen LogP contribution in [0.5, 0.6) is 0 Å². The average Bonchev–Trinajstić information content (AvgIpc) is 2.40. The van der Waals surface area contributed by atoms with Crippen molar-refractivity contribution < 1.29 is 4.74 Å². The Morgan fingerprint density at radius 2 is 1.61 bits per heavy atom. The third kappa shape index (κ3) is 3.96. The summed E-state index contributed by atoms with van der Waals surface area (Å²) < 4.78 is 6.49. The van der Waals surface area contributed by atoms with Gasteiger partial charge in [0, 0.05) is 6.04 Å². The first-order valence-electron chi connectivity index (χ1n) is 8.20. The molecular weight excluding hydrogens is 222 g/mol. The van der Waals surface area contributed by atoms with Crippen molar-refractivity contribution in [1.29, 1.82) is 0 Å². The summed E-state index contributed by atoms with van der Waals surface area (Å²) in [6.45, 7) is 5.76. The Morgan fingerprint density at radius 1 is 0.944 bits per heavy atom. The smallest absolute Gasteiger partial charge is 0.0731 e. The highest BCUT2D eigenvalue weighted by Gasteiger charge is 2.30. The maximum Gasteiger partial charge on any atom is 0.0731 e. The Labute approximate surface area is 113 Å². The van der Waals surface area contributed by atoms with Crippen LogP contribution in [0.3, 0.4) is 0 Å². The highest BCUT2D eigenvalue weighted by Crippen LogP contribution is 2.30. The van der Waals surface area contributed by atoms with Crippen LogP contribution >= 0.6 is 0 Å². The Kier molecular flexibility index (Phi) is 5.97. The molecule has 2 fully saturated rings. The Balaban J connectivity index is 1.83. The fourth-order valence-electron chi connectivity index (χ4n) is 3.53. The van der Waals surface area contributed by atoms with Crippen molar-refractivity contribution in [3.8, 4) is 0 Å². The summed E-state index contributed by atoms with van der Waals surface area (Å²) in [5.74, 6) is 0.771. The minimum Gasteiger partial charge on any atom is -0.373 e. The zero-order valence-electron chi connectivity index (χ0n) is 12.3. The summed E-state index contributed by atoms with van der Waals surface area (Å²) in [6.07, 6.45) is 13.0. The third-order valence-corrected chi connectivity index (χ3v) is 4.74. The molecule has 0 saturated heterocycles. The topological polar surface area (TPSA) is 21.3 Å². The number of nitrogens with one attached hydrogen (secondary N) is 1. The van der Waals surface area contributed by atoms with Gasteiger partial charge in [0.25, 0.3) is 0 Å². The van der Waals surface area contributed by atoms with Gasteiger partial charge in [-0.05, 0) is 44.6 Å². The van der Waals surface area contributed by atoms with Gasteiger partial charge < -0.3 is 10.1 Å². The van der Waals surface area contributed by atoms with E-state index in [1.165, 1.54) is 57.8 Å². The number of hydrogen-bond donors (Lipinski definition) is 1. The molecular formula is C16H31NO. The van der Waals surface area contributed by atoms with E-state index in [2.05, 4.69) is 19.2 Å². The van der Waals surface area contributed by atoms with E-state index in [4.69, 9.17) is 4.74 Å². The van der Waals surface area contributed by atoms with Gasteiger partial charge in [0.05, 0.1) is 12.2 Å². The molecule has 0 radical (unpaired) electrons. The van der Waals surface area contributed by atoms with Crippen molar-refractivity contribution in [2.24, 2.45) is 5.92 Å². The standard InChI is InChI=1S/C16H31NO/c1-3-12-17-14-9-5-7-11-16(14)18-15-10-6-4-8-13(15)2/h13-17H,3-12H2,1-2H3. The van der Waals surface area contributed by atoms with Crippen LogP contribution in [-0.2, 0) is 4.74 Å². The second-order valence-corrected chi connectivity index (χ2v) is 6.32. The van der Waals surface area contributed by atoms with Gasteiger partial charge in [0.2, 0.25) is 0 Å². The predicted molar refractivity (Wildman–Crippen MR) is 76.8 cm³/mol. The SMILES string of the molecule is CCCNC1CCCCC1OC1CCCCC1C. The summed E-state index contributed by atoms with van der Waals surface area (Å²) in [5.41, 5.74) is 0. The number of ether oxygens (including phenoxy) is 1. The largest absolute Gasteiger partial charge is 0.373 e. The van der Waals surface area contributed by atoms with Gasteiger partial charge in [-0.3, -0.25) is 0 Å². The molecule has 2 nitrogen and oxygen atoms in total. The fraction of sp³-hybridized carbons (Fsp3) is 1.00. The van der Waals surface area contributed by atoms with E-state index >= 15 is 0 Å². The minimum atomic E-state index is 0.482. The molecule has 2 heteroatoms. The van der Waals surface area contributed by atoms with Crippen molar-refractivity contribution in [2.75, 3.05) is 6.54 Å². The van der Waals surface area contributed by atoms with Crippen LogP contribution in [0.2, 0.25) is 0 Å². The molecule has 0 amide bonds. The normalized spacial score (nSPS) is 37.7. The number of hydrogen-bond acceptors (Lipinski definition) is 2. The second kappa shape index (κ2) is 7.49. The molecule has 2 aliphatic rings. The van der Waals surface area contributed by atoms with Crippen molar-refractivity contribution in [1.82, 2.24) is 5.32 Å². The van der Waals surface area contributed by atoms with Crippen LogP contribution < -0.4 is 5.32 Å². The molecule has 0 spiro atoms. The summed E-state index contributed by atoms with van der Waals surface area (Å²) in [7, 11) is 0. The molecule has 106 valence electrons. The molecule has 4 unspecified atom stereocenters. The highest BCUT2D eigenvalue weighted by molar-refractivity contribution is 4.84. The van der Waals surface area contributed by atoms with Crippen molar-refractivity contribution >= 4 is 0 Å². The molecule has 0 aromatic rings. The van der Waals surface area contributed by atoms with E-state index < -0.39 is 0 Å². The van der Waals surface area contributed by atoms with E-state index in [1.807, 2.05) is 0 Å². The summed E-state index contributed by atoms with van der Waals surface area (Å²) in [6, 6.07) is 0.618. The van der Waals surface area contributed by atoms with Crippen LogP contribution in [0.25, 0.3) is 0 Å². The summed E-state index contributed by atoms with van der Waals surface area (Å²) >= 11 is 0. The van der Waals surface area contributed by atoms with Crippen LogP contribution in [0.4, 0.5) is 0 Å². The number of rotatable bonds is 5. The van der Waals surface area contributed by atoms with Gasteiger partial charge >= 0.3 is 0 Å². The molecule has 0 bridgehead atoms. The van der Waals surface area contributed by atoms with Gasteiger partial charge in [-0.2, -0.15) is 0 Å². The van der Waals surface area contributed by atoms with E-state index in [9.17, 15) is 0 Å². The Bertz CT molecular complexity index is 231. The van der Waals surface area contributed by atoms with E-state index in [-0.39, 0.29) is 0 Å². The van der Waals surface area contributed by atoms with Crippen LogP contribution in [0.15, 0.2) is 0 Å². The maximum atomic E-state index is 6.49. The van der Waals surface area contributed by atoms with E-state index in [0.717, 1.165) is 12.5 Å². The van der Waals surface area contributed by atoms with Gasteiger partial charge in [0.15, 0.2) is 0 Å². The molecule has 1 N–H and O–H groups in total. The van der Waals surface area contributed by atoms with Crippen molar-refractivity contribution in [3.05, 3.63) is 0 Å². The fourth-order valence-corrected chi connectivity index (χ4v) is 3.53. The average molecular weight is 253 g/mol. The Hall–Kier alpha value is -0.0800. The van der Waals surface area contributed by atoms with Crippen molar-refractivity contribution in [3.63, 3.8) is 0 Å². The first kappa shape index (κ1) is 14.3. The van der Waals surface area contributed by atoms with E-state index in [0.29, 0.717) is 18.2 Å². The quantitative estimate of drug-likeness (QED) is 0.802. The molecule has 2 rings (SSSR count). The van der Waals surface area contributed by atoms with E-state index in [1.54, 1.807) is 0 Å². The van der Waals surface area contributed by atoms with Gasteiger partial charge in [0.1, 0.15) is 0 Å². The molecule has 0 heterocycles. The molecule has 18 heavy (non-hydrogen) atoms. The lowest BCUT2D eigenvalue weighted by atomic mass is 9.86. The minimum absolute atomic E-state index is 0.482. The third-order valence-electron chi connectivity index (χ3n) is 4.74. The molecule has 0 aromatic carbocycles. The van der Waals surface area contributed by atoms with Crippen LogP contribution in [0, 0.1) is 5.92 Å². The van der Waals surface area contributed by atoms with Crippen LogP contribution in [0.1, 0.15) is 71.6 Å². The predicted octanol–water partition coefficient (Wildman–Crippen LogP) is 3.89. The van der Waals surface area contributed by atoms with Crippen LogP contribution in [-0.4, -0.2) is 24.8 Å². The lowest BCUT2D eigenvalue weighted by molar-refractivity contribution is -0.0811. The molecule has 0 aliphatic heterocycles. The van der Waals surface area contributed by atoms with Gasteiger partial charge in [-0.25, -0.2) is 0 Å². The molecule has 2 saturated carbocycles. The zero-order valence-corrected chi connectivity index (χ0v) is 12.3. The summed E-state index contributed by atoms with van der Waals surface area (Å²) in [5, 5.41) is 3.70. The second-order valence-electron chi connectivity index (χ2n) is 6.32. The molecule has 4 atom stereocenters. The highest BCUT2D eigenvalue weighted by atomic mass is 16.5. The first-order chi connectivity index (χ1) is 8.81. The van der Waals surface area contributed by atoms with Crippen molar-refractivity contribution in [2.45, 2.75) is 89.9 Å². The summed E-state index contributed by atoms with van der Waals surface area (Å²) in [4.78, 5) is 0. The lowest BCUT2D eigenvalue weighted by Gasteiger charge is -2.38. The Morgan fingerprint density at radius 3 is 2.33 bits per heavy atom. The molecule has 2 aliphatic carbocycles. The molecule has 0 aromatic heterocycles.